The molecule has 1 amide bonds. The van der Waals surface area contributed by atoms with Crippen LogP contribution in [0.2, 0.25) is 5.02 Å². The molecule has 8 nitrogen and oxygen atoms in total. The summed E-state index contributed by atoms with van der Waals surface area (Å²) in [5, 5.41) is 22.2. The zero-order valence-electron chi connectivity index (χ0n) is 21.4. The van der Waals surface area contributed by atoms with Crippen LogP contribution in [0.4, 0.5) is 0 Å². The Morgan fingerprint density at radius 1 is 1.05 bits per heavy atom. The smallest absolute Gasteiger partial charge is 0.303 e. The summed E-state index contributed by atoms with van der Waals surface area (Å²) in [5.74, 6) is 0.593. The molecular weight excluding hydrogens is 510 g/mol. The molecule has 0 spiro atoms. The van der Waals surface area contributed by atoms with Crippen molar-refractivity contribution < 1.29 is 14.7 Å². The van der Waals surface area contributed by atoms with Crippen LogP contribution in [0.1, 0.15) is 84.2 Å². The molecule has 0 bridgehead atoms. The van der Waals surface area contributed by atoms with Crippen LogP contribution in [-0.2, 0) is 9.59 Å². The van der Waals surface area contributed by atoms with E-state index in [1.54, 1.807) is 11.3 Å². The SMILES string of the molecule is Cc1sc2c(c1C)C(c1ccc(Cl)cc1)=N[C@@H](CC(=O)NCCCCCCCC(=O)O)c1nnc(C)n1-2. The van der Waals surface area contributed by atoms with Gasteiger partial charge in [-0.3, -0.25) is 19.1 Å². The lowest BCUT2D eigenvalue weighted by atomic mass is 9.99. The van der Waals surface area contributed by atoms with Crippen molar-refractivity contribution in [2.24, 2.45) is 4.99 Å². The van der Waals surface area contributed by atoms with Crippen LogP contribution in [0.3, 0.4) is 0 Å². The lowest BCUT2D eigenvalue weighted by molar-refractivity contribution is -0.137. The minimum Gasteiger partial charge on any atom is -0.481 e. The summed E-state index contributed by atoms with van der Waals surface area (Å²) in [6.07, 6.45) is 4.74. The Bertz CT molecular complexity index is 1310. The zero-order valence-corrected chi connectivity index (χ0v) is 23.0. The molecule has 10 heteroatoms. The molecule has 3 heterocycles. The normalized spacial score (nSPS) is 14.5. The van der Waals surface area contributed by atoms with E-state index in [4.69, 9.17) is 21.7 Å². The first-order chi connectivity index (χ1) is 17.8. The molecule has 1 aliphatic heterocycles. The number of hydrogen-bond acceptors (Lipinski definition) is 6. The van der Waals surface area contributed by atoms with E-state index in [0.717, 1.165) is 58.9 Å². The van der Waals surface area contributed by atoms with Crippen molar-refractivity contribution in [2.75, 3.05) is 6.54 Å². The van der Waals surface area contributed by atoms with Gasteiger partial charge in [0.05, 0.1) is 12.1 Å². The van der Waals surface area contributed by atoms with E-state index in [9.17, 15) is 9.59 Å². The Balaban J connectivity index is 1.52. The summed E-state index contributed by atoms with van der Waals surface area (Å²) in [4.78, 5) is 29.9. The van der Waals surface area contributed by atoms with Gasteiger partial charge in [-0.25, -0.2) is 0 Å². The Morgan fingerprint density at radius 2 is 1.76 bits per heavy atom. The van der Waals surface area contributed by atoms with E-state index in [-0.39, 0.29) is 18.7 Å². The first-order valence-electron chi connectivity index (χ1n) is 12.6. The minimum atomic E-state index is -0.751. The number of carbonyl (C=O) groups is 2. The fourth-order valence-electron chi connectivity index (χ4n) is 4.54. The molecule has 0 unspecified atom stereocenters. The van der Waals surface area contributed by atoms with E-state index >= 15 is 0 Å². The highest BCUT2D eigenvalue weighted by atomic mass is 35.5. The number of aryl methyl sites for hydroxylation is 2. The summed E-state index contributed by atoms with van der Waals surface area (Å²) < 4.78 is 2.04. The number of aromatic nitrogens is 3. The molecule has 4 rings (SSSR count). The number of rotatable bonds is 11. The second-order valence-electron chi connectivity index (χ2n) is 9.37. The largest absolute Gasteiger partial charge is 0.481 e. The van der Waals surface area contributed by atoms with Crippen LogP contribution in [-0.4, -0.2) is 44.0 Å². The van der Waals surface area contributed by atoms with Gasteiger partial charge in [0.1, 0.15) is 16.9 Å². The van der Waals surface area contributed by atoms with Gasteiger partial charge in [0.15, 0.2) is 5.82 Å². The molecule has 37 heavy (non-hydrogen) atoms. The maximum Gasteiger partial charge on any atom is 0.303 e. The second kappa shape index (κ2) is 12.0. The number of fused-ring (bicyclic) bond motifs is 3. The molecular formula is C27H32ClN5O3S. The van der Waals surface area contributed by atoms with Gasteiger partial charge in [0, 0.05) is 34.0 Å². The number of nitrogens with one attached hydrogen (secondary N) is 1. The van der Waals surface area contributed by atoms with E-state index in [0.29, 0.717) is 23.8 Å². The standard InChI is InChI=1S/C27H32ClN5O3S/c1-16-17(2)37-27-24(16)25(19-10-12-20(28)13-11-19)30-21(26-32-31-18(3)33(26)27)15-22(34)29-14-8-6-4-5-7-9-23(35)36/h10-13,21H,4-9,14-15H2,1-3H3,(H,29,34)(H,35,36)/t21-/m0/s1. The molecule has 1 aliphatic rings. The number of amides is 1. The molecule has 2 aromatic heterocycles. The highest BCUT2D eigenvalue weighted by Gasteiger charge is 2.32. The third-order valence-corrected chi connectivity index (χ3v) is 8.07. The molecule has 2 N–H and O–H groups in total. The van der Waals surface area contributed by atoms with Crippen molar-refractivity contribution in [1.82, 2.24) is 20.1 Å². The molecule has 1 aromatic carbocycles. The Hall–Kier alpha value is -3.04. The summed E-state index contributed by atoms with van der Waals surface area (Å²) in [5.41, 5.74) is 3.97. The fraction of sp³-hybridized carbons (Fsp3) is 0.444. The van der Waals surface area contributed by atoms with Crippen molar-refractivity contribution in [2.45, 2.75) is 71.8 Å². The summed E-state index contributed by atoms with van der Waals surface area (Å²) in [6, 6.07) is 7.15. The van der Waals surface area contributed by atoms with E-state index in [1.165, 1.54) is 4.88 Å². The monoisotopic (exact) mass is 541 g/mol. The van der Waals surface area contributed by atoms with Gasteiger partial charge in [-0.1, -0.05) is 43.0 Å². The van der Waals surface area contributed by atoms with Crippen LogP contribution in [0.15, 0.2) is 29.3 Å². The predicted molar refractivity (Wildman–Crippen MR) is 146 cm³/mol. The number of thiophene rings is 1. The predicted octanol–water partition coefficient (Wildman–Crippen LogP) is 5.73. The van der Waals surface area contributed by atoms with Crippen molar-refractivity contribution in [3.8, 4) is 5.00 Å². The third kappa shape index (κ3) is 6.27. The number of aliphatic carboxylic acids is 1. The molecule has 1 atom stereocenters. The van der Waals surface area contributed by atoms with Crippen molar-refractivity contribution in [1.29, 1.82) is 0 Å². The average Bonchev–Trinajstić information content (AvgIpc) is 3.33. The van der Waals surface area contributed by atoms with E-state index < -0.39 is 12.0 Å². The van der Waals surface area contributed by atoms with Gasteiger partial charge in [-0.2, -0.15) is 0 Å². The molecule has 0 saturated heterocycles. The third-order valence-electron chi connectivity index (χ3n) is 6.63. The number of aliphatic imine (C=N–C) groups is 1. The number of carbonyl (C=O) groups excluding carboxylic acids is 1. The summed E-state index contributed by atoms with van der Waals surface area (Å²) in [7, 11) is 0. The average molecular weight is 542 g/mol. The van der Waals surface area contributed by atoms with E-state index in [1.807, 2.05) is 35.8 Å². The van der Waals surface area contributed by atoms with Crippen LogP contribution in [0.5, 0.6) is 0 Å². The Morgan fingerprint density at radius 3 is 2.49 bits per heavy atom. The highest BCUT2D eigenvalue weighted by Crippen LogP contribution is 2.39. The maximum absolute atomic E-state index is 13.0. The molecule has 0 radical (unpaired) electrons. The van der Waals surface area contributed by atoms with Gasteiger partial charge >= 0.3 is 5.97 Å². The second-order valence-corrected chi connectivity index (χ2v) is 11.0. The number of unbranched alkanes of at least 4 members (excludes halogenated alkanes) is 4. The van der Waals surface area contributed by atoms with Gasteiger partial charge in [0.2, 0.25) is 5.91 Å². The van der Waals surface area contributed by atoms with Gasteiger partial charge in [0.25, 0.3) is 0 Å². The number of hydrogen-bond donors (Lipinski definition) is 2. The van der Waals surface area contributed by atoms with Gasteiger partial charge in [-0.05, 0) is 51.3 Å². The van der Waals surface area contributed by atoms with Crippen LogP contribution >= 0.6 is 22.9 Å². The quantitative estimate of drug-likeness (QED) is 0.301. The van der Waals surface area contributed by atoms with Crippen molar-refractivity contribution in [3.63, 3.8) is 0 Å². The molecule has 3 aromatic rings. The first-order valence-corrected chi connectivity index (χ1v) is 13.8. The number of carboxylic acids is 1. The fourth-order valence-corrected chi connectivity index (χ4v) is 5.88. The minimum absolute atomic E-state index is 0.0829. The molecule has 196 valence electrons. The van der Waals surface area contributed by atoms with Gasteiger partial charge in [-0.15, -0.1) is 21.5 Å². The lowest BCUT2D eigenvalue weighted by Crippen LogP contribution is -2.26. The molecule has 0 fully saturated rings. The number of carboxylic acid groups (broad SMARTS) is 1. The zero-order chi connectivity index (χ0) is 26.5. The highest BCUT2D eigenvalue weighted by molar-refractivity contribution is 7.15. The van der Waals surface area contributed by atoms with Crippen LogP contribution < -0.4 is 5.32 Å². The van der Waals surface area contributed by atoms with Crippen molar-refractivity contribution in [3.05, 3.63) is 62.5 Å². The number of benzene rings is 1. The molecule has 0 saturated carbocycles. The summed E-state index contributed by atoms with van der Waals surface area (Å²) in [6.45, 7) is 6.70. The van der Waals surface area contributed by atoms with Crippen LogP contribution in [0.25, 0.3) is 5.00 Å². The van der Waals surface area contributed by atoms with Crippen LogP contribution in [0, 0.1) is 20.8 Å². The number of nitrogens with zero attached hydrogens (tertiary/aromatic N) is 4. The maximum atomic E-state index is 13.0. The Kier molecular flexibility index (Phi) is 8.76. The summed E-state index contributed by atoms with van der Waals surface area (Å²) >= 11 is 7.85. The van der Waals surface area contributed by atoms with Gasteiger partial charge < -0.3 is 10.4 Å². The number of halogens is 1. The topological polar surface area (TPSA) is 109 Å². The van der Waals surface area contributed by atoms with E-state index in [2.05, 4.69) is 29.4 Å². The van der Waals surface area contributed by atoms with Crippen molar-refractivity contribution >= 4 is 40.5 Å². The molecule has 0 aliphatic carbocycles. The lowest BCUT2D eigenvalue weighted by Gasteiger charge is -2.13. The Labute approximate surface area is 225 Å². The first kappa shape index (κ1) is 27.0.